The van der Waals surface area contributed by atoms with Gasteiger partial charge in [-0.1, -0.05) is 48.0 Å². The molecular formula is C17H14ClFN2. The van der Waals surface area contributed by atoms with Crippen LogP contribution in [-0.4, -0.2) is 4.98 Å². The van der Waals surface area contributed by atoms with Gasteiger partial charge in [0, 0.05) is 17.6 Å². The maximum Gasteiger partial charge on any atom is 0.145 e. The Balaban J connectivity index is 1.97. The Bertz CT molecular complexity index is 783. The van der Waals surface area contributed by atoms with Crippen molar-refractivity contribution in [3.8, 4) is 0 Å². The van der Waals surface area contributed by atoms with E-state index in [9.17, 15) is 4.39 Å². The van der Waals surface area contributed by atoms with E-state index in [2.05, 4.69) is 4.98 Å². The maximum absolute atomic E-state index is 14.0. The molecule has 2 aromatic carbocycles. The fourth-order valence-electron chi connectivity index (χ4n) is 2.48. The molecule has 0 bridgehead atoms. The topological polar surface area (TPSA) is 38.9 Å². The quantitative estimate of drug-likeness (QED) is 0.784. The third kappa shape index (κ3) is 2.75. The lowest BCUT2D eigenvalue weighted by Gasteiger charge is -2.15. The predicted molar refractivity (Wildman–Crippen MR) is 83.8 cm³/mol. The molecule has 0 saturated carbocycles. The van der Waals surface area contributed by atoms with E-state index in [1.807, 2.05) is 30.3 Å². The van der Waals surface area contributed by atoms with Crippen LogP contribution in [0, 0.1) is 5.82 Å². The highest BCUT2D eigenvalue weighted by Crippen LogP contribution is 2.26. The van der Waals surface area contributed by atoms with Crippen molar-refractivity contribution < 1.29 is 4.39 Å². The monoisotopic (exact) mass is 300 g/mol. The molecule has 106 valence electrons. The fourth-order valence-corrected chi connectivity index (χ4v) is 2.67. The van der Waals surface area contributed by atoms with Crippen LogP contribution in [-0.2, 0) is 6.42 Å². The van der Waals surface area contributed by atoms with E-state index in [4.69, 9.17) is 17.3 Å². The van der Waals surface area contributed by atoms with Gasteiger partial charge in [-0.2, -0.15) is 0 Å². The molecule has 1 aromatic heterocycles. The summed E-state index contributed by atoms with van der Waals surface area (Å²) in [5.74, 6) is -0.400. The number of rotatable bonds is 3. The van der Waals surface area contributed by atoms with Gasteiger partial charge in [0.1, 0.15) is 5.82 Å². The van der Waals surface area contributed by atoms with Crippen LogP contribution >= 0.6 is 11.6 Å². The van der Waals surface area contributed by atoms with Crippen LogP contribution in [0.3, 0.4) is 0 Å². The molecule has 2 nitrogen and oxygen atoms in total. The lowest BCUT2D eigenvalue weighted by Crippen LogP contribution is -2.15. The minimum Gasteiger partial charge on any atom is -0.324 e. The SMILES string of the molecule is NC(Cc1cccc(Cl)c1F)c1cccc2cccnc12. The second-order valence-electron chi connectivity index (χ2n) is 4.95. The van der Waals surface area contributed by atoms with Gasteiger partial charge in [-0.05, 0) is 29.7 Å². The summed E-state index contributed by atoms with van der Waals surface area (Å²) >= 11 is 5.81. The number of nitrogens with zero attached hydrogens (tertiary/aromatic N) is 1. The summed E-state index contributed by atoms with van der Waals surface area (Å²) in [6.07, 6.45) is 2.11. The summed E-state index contributed by atoms with van der Waals surface area (Å²) in [5.41, 5.74) is 8.55. The molecule has 3 rings (SSSR count). The first-order chi connectivity index (χ1) is 10.2. The molecular weight excluding hydrogens is 287 g/mol. The van der Waals surface area contributed by atoms with Crippen molar-refractivity contribution in [2.24, 2.45) is 5.73 Å². The van der Waals surface area contributed by atoms with Gasteiger partial charge >= 0.3 is 0 Å². The van der Waals surface area contributed by atoms with E-state index < -0.39 is 5.82 Å². The molecule has 0 amide bonds. The molecule has 0 spiro atoms. The minimum atomic E-state index is -0.400. The third-order valence-corrected chi connectivity index (χ3v) is 3.83. The van der Waals surface area contributed by atoms with E-state index in [0.717, 1.165) is 16.5 Å². The lowest BCUT2D eigenvalue weighted by atomic mass is 9.97. The standard InChI is InChI=1S/C17H14ClFN2/c18-14-8-2-5-12(16(14)19)10-15(20)13-7-1-4-11-6-3-9-21-17(11)13/h1-9,15H,10,20H2. The zero-order valence-corrected chi connectivity index (χ0v) is 12.0. The third-order valence-electron chi connectivity index (χ3n) is 3.53. The molecule has 0 radical (unpaired) electrons. The highest BCUT2D eigenvalue weighted by molar-refractivity contribution is 6.30. The Hall–Kier alpha value is -1.97. The van der Waals surface area contributed by atoms with Crippen molar-refractivity contribution in [1.82, 2.24) is 4.98 Å². The summed E-state index contributed by atoms with van der Waals surface area (Å²) in [5, 5.41) is 1.15. The van der Waals surface area contributed by atoms with Crippen molar-refractivity contribution in [3.63, 3.8) is 0 Å². The lowest BCUT2D eigenvalue weighted by molar-refractivity contribution is 0.594. The second-order valence-corrected chi connectivity index (χ2v) is 5.35. The van der Waals surface area contributed by atoms with E-state index in [-0.39, 0.29) is 11.1 Å². The van der Waals surface area contributed by atoms with Crippen molar-refractivity contribution in [2.75, 3.05) is 0 Å². The molecule has 2 N–H and O–H groups in total. The second kappa shape index (κ2) is 5.80. The molecule has 0 aliphatic rings. The van der Waals surface area contributed by atoms with Gasteiger partial charge in [0.25, 0.3) is 0 Å². The van der Waals surface area contributed by atoms with Gasteiger partial charge in [-0.15, -0.1) is 0 Å². The summed E-state index contributed by atoms with van der Waals surface area (Å²) in [7, 11) is 0. The van der Waals surface area contributed by atoms with Gasteiger partial charge in [-0.3, -0.25) is 4.98 Å². The molecule has 4 heteroatoms. The van der Waals surface area contributed by atoms with Gasteiger partial charge in [0.2, 0.25) is 0 Å². The molecule has 0 saturated heterocycles. The number of aromatic nitrogens is 1. The highest BCUT2D eigenvalue weighted by Gasteiger charge is 2.14. The van der Waals surface area contributed by atoms with Crippen LogP contribution in [0.15, 0.2) is 54.7 Å². The largest absolute Gasteiger partial charge is 0.324 e. The van der Waals surface area contributed by atoms with Crippen LogP contribution in [0.4, 0.5) is 4.39 Å². The van der Waals surface area contributed by atoms with Crippen molar-refractivity contribution >= 4 is 22.5 Å². The first-order valence-corrected chi connectivity index (χ1v) is 7.06. The molecule has 0 fully saturated rings. The molecule has 0 aliphatic carbocycles. The van der Waals surface area contributed by atoms with Gasteiger partial charge < -0.3 is 5.73 Å². The van der Waals surface area contributed by atoms with Crippen LogP contribution in [0.2, 0.25) is 5.02 Å². The summed E-state index contributed by atoms with van der Waals surface area (Å²) < 4.78 is 14.0. The Labute approximate surface area is 127 Å². The number of halogens is 2. The Morgan fingerprint density at radius 2 is 1.86 bits per heavy atom. The number of nitrogens with two attached hydrogens (primary N) is 1. The Morgan fingerprint density at radius 3 is 2.71 bits per heavy atom. The van der Waals surface area contributed by atoms with Crippen LogP contribution in [0.25, 0.3) is 10.9 Å². The van der Waals surface area contributed by atoms with Crippen LogP contribution in [0.1, 0.15) is 17.2 Å². The van der Waals surface area contributed by atoms with E-state index in [0.29, 0.717) is 12.0 Å². The molecule has 3 aromatic rings. The number of hydrogen-bond donors (Lipinski definition) is 1. The molecule has 1 heterocycles. The number of para-hydroxylation sites is 1. The Morgan fingerprint density at radius 1 is 1.10 bits per heavy atom. The summed E-state index contributed by atoms with van der Waals surface area (Å²) in [6, 6.07) is 14.4. The number of benzene rings is 2. The van der Waals surface area contributed by atoms with Gasteiger partial charge in [-0.25, -0.2) is 4.39 Å². The van der Waals surface area contributed by atoms with Crippen LogP contribution in [0.5, 0.6) is 0 Å². The maximum atomic E-state index is 14.0. The van der Waals surface area contributed by atoms with Gasteiger partial charge in [0.15, 0.2) is 0 Å². The molecule has 1 atom stereocenters. The van der Waals surface area contributed by atoms with Crippen molar-refractivity contribution in [2.45, 2.75) is 12.5 Å². The summed E-state index contributed by atoms with van der Waals surface area (Å²) in [4.78, 5) is 4.38. The van der Waals surface area contributed by atoms with E-state index >= 15 is 0 Å². The predicted octanol–water partition coefficient (Wildman–Crippen LogP) is 4.27. The van der Waals surface area contributed by atoms with E-state index in [1.165, 1.54) is 6.07 Å². The average Bonchev–Trinajstić information content (AvgIpc) is 2.51. The number of hydrogen-bond acceptors (Lipinski definition) is 2. The average molecular weight is 301 g/mol. The zero-order valence-electron chi connectivity index (χ0n) is 11.3. The van der Waals surface area contributed by atoms with Crippen LogP contribution < -0.4 is 5.73 Å². The Kier molecular flexibility index (Phi) is 3.86. The van der Waals surface area contributed by atoms with Crippen molar-refractivity contribution in [3.05, 3.63) is 76.7 Å². The normalized spacial score (nSPS) is 12.5. The smallest absolute Gasteiger partial charge is 0.145 e. The van der Waals surface area contributed by atoms with Crippen molar-refractivity contribution in [1.29, 1.82) is 0 Å². The fraction of sp³-hybridized carbons (Fsp3) is 0.118. The van der Waals surface area contributed by atoms with Gasteiger partial charge in [0.05, 0.1) is 10.5 Å². The summed E-state index contributed by atoms with van der Waals surface area (Å²) in [6.45, 7) is 0. The minimum absolute atomic E-state index is 0.121. The zero-order chi connectivity index (χ0) is 14.8. The number of pyridine rings is 1. The molecule has 21 heavy (non-hydrogen) atoms. The number of fused-ring (bicyclic) bond motifs is 1. The molecule has 0 aliphatic heterocycles. The highest BCUT2D eigenvalue weighted by atomic mass is 35.5. The first-order valence-electron chi connectivity index (χ1n) is 6.69. The first kappa shape index (κ1) is 14.0. The van der Waals surface area contributed by atoms with E-state index in [1.54, 1.807) is 18.3 Å². The molecule has 1 unspecified atom stereocenters.